The minimum Gasteiger partial charge on any atom is -0.282 e. The van der Waals surface area contributed by atoms with E-state index in [0.29, 0.717) is 0 Å². The third-order valence-corrected chi connectivity index (χ3v) is 5.45. The number of rotatable bonds is 4. The molecule has 0 aliphatic rings. The molecule has 22 heavy (non-hydrogen) atoms. The molecule has 0 bridgehead atoms. The van der Waals surface area contributed by atoms with E-state index < -0.39 is 60.1 Å². The first-order chi connectivity index (χ1) is 9.45. The summed E-state index contributed by atoms with van der Waals surface area (Å²) in [5.41, 5.74) is 0. The second kappa shape index (κ2) is 5.20. The molecule has 0 fully saturated rings. The zero-order valence-corrected chi connectivity index (χ0v) is 13.0. The third kappa shape index (κ3) is 3.98. The highest BCUT2D eigenvalue weighted by Gasteiger charge is 2.34. The van der Waals surface area contributed by atoms with Gasteiger partial charge < -0.3 is 0 Å². The summed E-state index contributed by atoms with van der Waals surface area (Å²) < 4.78 is 123. The predicted molar refractivity (Wildman–Crippen MR) is 63.4 cm³/mol. The van der Waals surface area contributed by atoms with Crippen LogP contribution in [-0.2, 0) is 40.5 Å². The molecule has 1 rings (SSSR count). The quantitative estimate of drug-likeness (QED) is 0.417. The molecule has 0 spiro atoms. The monoisotopic (exact) mass is 396 g/mol. The maximum absolute atomic E-state index is 11.0. The first-order valence-electron chi connectivity index (χ1n) is 4.38. The third-order valence-electron chi connectivity index (χ3n) is 1.90. The van der Waals surface area contributed by atoms with Gasteiger partial charge in [-0.25, -0.2) is 0 Å². The van der Waals surface area contributed by atoms with E-state index in [1.807, 2.05) is 0 Å². The fourth-order valence-electron chi connectivity index (χ4n) is 1.16. The molecule has 0 atom stereocenters. The first-order valence-corrected chi connectivity index (χ1v) is 10.1. The molecule has 1 aromatic rings. The molecule has 1 aromatic carbocycles. The summed E-state index contributed by atoms with van der Waals surface area (Å²) in [5.74, 6) is 0. The number of hydrogen-bond donors (Lipinski definition) is 4. The minimum atomic E-state index is -5.54. The highest BCUT2D eigenvalue weighted by molar-refractivity contribution is 7.90. The SMILES string of the molecule is O=S(=O)(O)c1[c]c(S(=O)(=O)O)c(S(=O)(=O)O)[c]c1S(=O)(=O)O. The van der Waals surface area contributed by atoms with Crippen molar-refractivity contribution in [2.24, 2.45) is 0 Å². The molecule has 2 radical (unpaired) electrons. The topological polar surface area (TPSA) is 217 Å². The molecule has 0 amide bonds. The lowest BCUT2D eigenvalue weighted by molar-refractivity contribution is 0.456. The Morgan fingerprint density at radius 1 is 0.455 bits per heavy atom. The van der Waals surface area contributed by atoms with Gasteiger partial charge in [-0.05, 0) is 0 Å². The Kier molecular flexibility index (Phi) is 4.47. The van der Waals surface area contributed by atoms with Crippen LogP contribution in [0.1, 0.15) is 0 Å². The Balaban J connectivity index is 4.27. The van der Waals surface area contributed by atoms with Crippen LogP contribution < -0.4 is 0 Å². The average Bonchev–Trinajstić information content (AvgIpc) is 2.22. The summed E-state index contributed by atoms with van der Waals surface area (Å²) >= 11 is 0. The second-order valence-electron chi connectivity index (χ2n) is 3.47. The summed E-state index contributed by atoms with van der Waals surface area (Å²) in [6, 6.07) is 2.18. The Bertz CT molecular complexity index is 871. The molecular formula is C6H4O12S4. The fraction of sp³-hybridized carbons (Fsp3) is 0. The van der Waals surface area contributed by atoms with Crippen LogP contribution in [0.5, 0.6) is 0 Å². The zero-order valence-electron chi connectivity index (χ0n) is 9.69. The molecule has 0 heterocycles. The van der Waals surface area contributed by atoms with Crippen molar-refractivity contribution >= 4 is 40.5 Å². The van der Waals surface area contributed by atoms with E-state index in [4.69, 9.17) is 18.2 Å². The van der Waals surface area contributed by atoms with Crippen molar-refractivity contribution in [2.45, 2.75) is 19.6 Å². The number of hydrogen-bond acceptors (Lipinski definition) is 8. The van der Waals surface area contributed by atoms with E-state index in [0.717, 1.165) is 12.1 Å². The van der Waals surface area contributed by atoms with Crippen LogP contribution in [0.4, 0.5) is 0 Å². The van der Waals surface area contributed by atoms with Gasteiger partial charge in [-0.2, -0.15) is 33.7 Å². The zero-order chi connectivity index (χ0) is 17.7. The lowest BCUT2D eigenvalue weighted by Crippen LogP contribution is -2.16. The standard InChI is InChI=1S/C6H4O12S4/c7-19(8,9)3-1-4(20(10,11)12)6(22(16,17)18)2-5(3)21(13,14)15/h(H,7,8,9)(H,10,11,12)(H,13,14,15)(H,16,17,18). The lowest BCUT2D eigenvalue weighted by atomic mass is 10.3. The summed E-state index contributed by atoms with van der Waals surface area (Å²) in [6.07, 6.45) is 0. The molecule has 0 saturated heterocycles. The molecule has 0 aromatic heterocycles. The lowest BCUT2D eigenvalue weighted by Gasteiger charge is -2.09. The Hall–Kier alpha value is -1.14. The Labute approximate surface area is 124 Å². The van der Waals surface area contributed by atoms with Gasteiger partial charge >= 0.3 is 0 Å². The maximum Gasteiger partial charge on any atom is 0.296 e. The molecule has 124 valence electrons. The van der Waals surface area contributed by atoms with Crippen molar-refractivity contribution in [3.05, 3.63) is 12.1 Å². The predicted octanol–water partition coefficient (Wildman–Crippen LogP) is -1.73. The first kappa shape index (κ1) is 18.9. The van der Waals surface area contributed by atoms with E-state index in [9.17, 15) is 33.7 Å². The van der Waals surface area contributed by atoms with Crippen molar-refractivity contribution in [2.75, 3.05) is 0 Å². The minimum absolute atomic E-state index is 1.09. The van der Waals surface area contributed by atoms with E-state index in [-0.39, 0.29) is 0 Å². The Morgan fingerprint density at radius 2 is 0.591 bits per heavy atom. The van der Waals surface area contributed by atoms with E-state index in [1.54, 1.807) is 0 Å². The van der Waals surface area contributed by atoms with Crippen LogP contribution in [0.3, 0.4) is 0 Å². The van der Waals surface area contributed by atoms with Crippen LogP contribution in [0.2, 0.25) is 0 Å². The molecule has 4 N–H and O–H groups in total. The van der Waals surface area contributed by atoms with Gasteiger partial charge in [-0.3, -0.25) is 18.2 Å². The van der Waals surface area contributed by atoms with Gasteiger partial charge in [0.25, 0.3) is 40.5 Å². The molecule has 16 heteroatoms. The van der Waals surface area contributed by atoms with Crippen LogP contribution >= 0.6 is 0 Å². The van der Waals surface area contributed by atoms with Crippen molar-refractivity contribution in [3.8, 4) is 0 Å². The van der Waals surface area contributed by atoms with Crippen molar-refractivity contribution in [1.82, 2.24) is 0 Å². The van der Waals surface area contributed by atoms with Gasteiger partial charge in [0, 0.05) is 12.1 Å². The largest absolute Gasteiger partial charge is 0.296 e. The van der Waals surface area contributed by atoms with Gasteiger partial charge in [-0.1, -0.05) is 0 Å². The van der Waals surface area contributed by atoms with E-state index in [2.05, 4.69) is 0 Å². The van der Waals surface area contributed by atoms with Gasteiger partial charge in [0.15, 0.2) is 0 Å². The van der Waals surface area contributed by atoms with Gasteiger partial charge in [0.2, 0.25) is 0 Å². The summed E-state index contributed by atoms with van der Waals surface area (Å²) in [4.78, 5) is -7.63. The molecular weight excluding hydrogens is 392 g/mol. The highest BCUT2D eigenvalue weighted by Crippen LogP contribution is 2.29. The summed E-state index contributed by atoms with van der Waals surface area (Å²) in [7, 11) is -22.2. The van der Waals surface area contributed by atoms with E-state index in [1.165, 1.54) is 0 Å². The maximum atomic E-state index is 11.0. The fourth-order valence-corrected chi connectivity index (χ4v) is 4.62. The van der Waals surface area contributed by atoms with Crippen molar-refractivity contribution < 1.29 is 51.9 Å². The average molecular weight is 396 g/mol. The van der Waals surface area contributed by atoms with Gasteiger partial charge in [-0.15, -0.1) is 0 Å². The van der Waals surface area contributed by atoms with Crippen LogP contribution in [0, 0.1) is 12.1 Å². The number of benzene rings is 1. The molecule has 0 unspecified atom stereocenters. The Morgan fingerprint density at radius 3 is 0.682 bits per heavy atom. The summed E-state index contributed by atoms with van der Waals surface area (Å²) in [6.45, 7) is 0. The van der Waals surface area contributed by atoms with Gasteiger partial charge in [0.1, 0.15) is 19.6 Å². The van der Waals surface area contributed by atoms with Crippen LogP contribution in [0.15, 0.2) is 19.6 Å². The normalized spacial score (nSPS) is 14.0. The van der Waals surface area contributed by atoms with Crippen molar-refractivity contribution in [3.63, 3.8) is 0 Å². The second-order valence-corrected chi connectivity index (χ2v) is 8.90. The van der Waals surface area contributed by atoms with Crippen LogP contribution in [0.25, 0.3) is 0 Å². The van der Waals surface area contributed by atoms with E-state index >= 15 is 0 Å². The molecule has 0 aliphatic carbocycles. The van der Waals surface area contributed by atoms with Crippen molar-refractivity contribution in [1.29, 1.82) is 0 Å². The van der Waals surface area contributed by atoms with Gasteiger partial charge in [0.05, 0.1) is 0 Å². The highest BCUT2D eigenvalue weighted by atomic mass is 32.2. The molecule has 0 saturated carbocycles. The molecule has 0 aliphatic heterocycles. The summed E-state index contributed by atoms with van der Waals surface area (Å²) in [5, 5.41) is 0. The smallest absolute Gasteiger partial charge is 0.282 e. The molecule has 12 nitrogen and oxygen atoms in total. The van der Waals surface area contributed by atoms with Crippen LogP contribution in [-0.4, -0.2) is 51.9 Å².